The smallest absolute Gasteiger partial charge is 0.183 e. The summed E-state index contributed by atoms with van der Waals surface area (Å²) in [5.74, 6) is 0.865. The summed E-state index contributed by atoms with van der Waals surface area (Å²) in [5.41, 5.74) is 2.96. The topological polar surface area (TPSA) is 38.1 Å². The summed E-state index contributed by atoms with van der Waals surface area (Å²) in [6.45, 7) is 2.07. The van der Waals surface area contributed by atoms with Gasteiger partial charge >= 0.3 is 0 Å². The first-order chi connectivity index (χ1) is 8.29. The molecular weight excluding hydrogens is 232 g/mol. The van der Waals surface area contributed by atoms with E-state index in [1.54, 1.807) is 11.3 Å². The predicted molar refractivity (Wildman–Crippen MR) is 71.6 cm³/mol. The highest BCUT2D eigenvalue weighted by molar-refractivity contribution is 7.14. The Balaban J connectivity index is 2.20. The maximum atomic E-state index is 5.86. The van der Waals surface area contributed by atoms with E-state index in [4.69, 9.17) is 4.42 Å². The van der Waals surface area contributed by atoms with Gasteiger partial charge in [0, 0.05) is 23.4 Å². The first-order valence-electron chi connectivity index (χ1n) is 5.41. The lowest BCUT2D eigenvalue weighted by Crippen LogP contribution is -1.85. The quantitative estimate of drug-likeness (QED) is 0.742. The molecule has 3 nitrogen and oxygen atoms in total. The lowest BCUT2D eigenvalue weighted by molar-refractivity contribution is 0.627. The minimum absolute atomic E-state index is 0.865. The SMILES string of the molecule is CNc1nc(-c2oc3ccccc3c2C)cs1. The number of thiazole rings is 1. The molecule has 86 valence electrons. The van der Waals surface area contributed by atoms with Crippen molar-refractivity contribution in [2.75, 3.05) is 12.4 Å². The molecule has 1 N–H and O–H groups in total. The molecule has 0 bridgehead atoms. The third-order valence-corrected chi connectivity index (χ3v) is 3.65. The summed E-state index contributed by atoms with van der Waals surface area (Å²) < 4.78 is 5.86. The second-order valence-corrected chi connectivity index (χ2v) is 4.70. The van der Waals surface area contributed by atoms with Crippen LogP contribution in [0.1, 0.15) is 5.56 Å². The molecule has 4 heteroatoms. The van der Waals surface area contributed by atoms with Crippen LogP contribution in [0.25, 0.3) is 22.4 Å². The first kappa shape index (κ1) is 10.4. The Morgan fingerprint density at radius 1 is 1.29 bits per heavy atom. The summed E-state index contributed by atoms with van der Waals surface area (Å²) in [4.78, 5) is 4.47. The lowest BCUT2D eigenvalue weighted by Gasteiger charge is -1.92. The molecule has 0 amide bonds. The van der Waals surface area contributed by atoms with Gasteiger partial charge in [-0.25, -0.2) is 4.98 Å². The highest BCUT2D eigenvalue weighted by atomic mass is 32.1. The van der Waals surface area contributed by atoms with Crippen molar-refractivity contribution in [1.82, 2.24) is 4.98 Å². The van der Waals surface area contributed by atoms with Gasteiger partial charge in [0.05, 0.1) is 0 Å². The minimum Gasteiger partial charge on any atom is -0.454 e. The monoisotopic (exact) mass is 244 g/mol. The zero-order valence-corrected chi connectivity index (χ0v) is 10.5. The van der Waals surface area contributed by atoms with Crippen molar-refractivity contribution in [2.24, 2.45) is 0 Å². The van der Waals surface area contributed by atoms with Gasteiger partial charge in [0.2, 0.25) is 0 Å². The van der Waals surface area contributed by atoms with Crippen LogP contribution < -0.4 is 5.32 Å². The van der Waals surface area contributed by atoms with Crippen LogP contribution in [-0.4, -0.2) is 12.0 Å². The number of para-hydroxylation sites is 1. The van der Waals surface area contributed by atoms with Crippen LogP contribution in [0.3, 0.4) is 0 Å². The third-order valence-electron chi connectivity index (χ3n) is 2.79. The number of benzene rings is 1. The van der Waals surface area contributed by atoms with Gasteiger partial charge in [0.15, 0.2) is 10.9 Å². The van der Waals surface area contributed by atoms with Crippen LogP contribution in [0.5, 0.6) is 0 Å². The molecule has 0 spiro atoms. The van der Waals surface area contributed by atoms with Gasteiger partial charge in [-0.1, -0.05) is 18.2 Å². The second-order valence-electron chi connectivity index (χ2n) is 3.84. The molecule has 0 aliphatic rings. The molecule has 3 aromatic rings. The van der Waals surface area contributed by atoms with Crippen molar-refractivity contribution in [2.45, 2.75) is 6.92 Å². The summed E-state index contributed by atoms with van der Waals surface area (Å²) in [5, 5.41) is 7.10. The molecule has 0 saturated heterocycles. The van der Waals surface area contributed by atoms with Crippen molar-refractivity contribution >= 4 is 27.4 Å². The standard InChI is InChI=1S/C13H12N2OS/c1-8-9-5-3-4-6-11(9)16-12(8)10-7-17-13(14-2)15-10/h3-7H,1-2H3,(H,14,15). The fourth-order valence-corrected chi connectivity index (χ4v) is 2.56. The number of nitrogens with zero attached hydrogens (tertiary/aromatic N) is 1. The van der Waals surface area contributed by atoms with E-state index in [-0.39, 0.29) is 0 Å². The van der Waals surface area contributed by atoms with Gasteiger partial charge in [-0.3, -0.25) is 0 Å². The van der Waals surface area contributed by atoms with E-state index in [1.807, 2.05) is 30.6 Å². The highest BCUT2D eigenvalue weighted by Crippen LogP contribution is 2.34. The Bertz CT molecular complexity index is 669. The molecule has 1 aromatic carbocycles. The Kier molecular flexibility index (Phi) is 2.37. The molecule has 2 heterocycles. The molecule has 17 heavy (non-hydrogen) atoms. The molecule has 0 radical (unpaired) electrons. The van der Waals surface area contributed by atoms with Gasteiger partial charge in [-0.05, 0) is 13.0 Å². The van der Waals surface area contributed by atoms with Crippen molar-refractivity contribution in [1.29, 1.82) is 0 Å². The maximum Gasteiger partial charge on any atom is 0.183 e. The number of anilines is 1. The average Bonchev–Trinajstić information content (AvgIpc) is 2.95. The number of rotatable bonds is 2. The first-order valence-corrected chi connectivity index (χ1v) is 6.29. The van der Waals surface area contributed by atoms with Crippen LogP contribution in [0.2, 0.25) is 0 Å². The van der Waals surface area contributed by atoms with E-state index in [9.17, 15) is 0 Å². The molecule has 0 saturated carbocycles. The summed E-state index contributed by atoms with van der Waals surface area (Å²) >= 11 is 1.58. The van der Waals surface area contributed by atoms with Crippen LogP contribution in [0, 0.1) is 6.92 Å². The second kappa shape index (κ2) is 3.89. The molecule has 0 aliphatic carbocycles. The Morgan fingerprint density at radius 2 is 2.12 bits per heavy atom. The van der Waals surface area contributed by atoms with Crippen LogP contribution in [0.4, 0.5) is 5.13 Å². The fraction of sp³-hybridized carbons (Fsp3) is 0.154. The van der Waals surface area contributed by atoms with Crippen molar-refractivity contribution < 1.29 is 4.42 Å². The van der Waals surface area contributed by atoms with E-state index >= 15 is 0 Å². The van der Waals surface area contributed by atoms with Crippen LogP contribution in [0.15, 0.2) is 34.1 Å². The van der Waals surface area contributed by atoms with E-state index in [1.165, 1.54) is 0 Å². The molecule has 3 rings (SSSR count). The van der Waals surface area contributed by atoms with E-state index in [2.05, 4.69) is 23.3 Å². The maximum absolute atomic E-state index is 5.86. The lowest BCUT2D eigenvalue weighted by atomic mass is 10.1. The van der Waals surface area contributed by atoms with Gasteiger partial charge < -0.3 is 9.73 Å². The summed E-state index contributed by atoms with van der Waals surface area (Å²) in [7, 11) is 1.87. The van der Waals surface area contributed by atoms with Gasteiger partial charge in [0.25, 0.3) is 0 Å². The van der Waals surface area contributed by atoms with Crippen molar-refractivity contribution in [3.8, 4) is 11.5 Å². The van der Waals surface area contributed by atoms with E-state index in [0.717, 1.165) is 33.1 Å². The van der Waals surface area contributed by atoms with Crippen LogP contribution >= 0.6 is 11.3 Å². The molecule has 0 fully saturated rings. The molecule has 0 unspecified atom stereocenters. The minimum atomic E-state index is 0.865. The summed E-state index contributed by atoms with van der Waals surface area (Å²) in [6, 6.07) is 8.06. The number of hydrogen-bond acceptors (Lipinski definition) is 4. The average molecular weight is 244 g/mol. The van der Waals surface area contributed by atoms with E-state index in [0.29, 0.717) is 0 Å². The van der Waals surface area contributed by atoms with Crippen molar-refractivity contribution in [3.63, 3.8) is 0 Å². The number of fused-ring (bicyclic) bond motifs is 1. The summed E-state index contributed by atoms with van der Waals surface area (Å²) in [6.07, 6.45) is 0. The van der Waals surface area contributed by atoms with E-state index < -0.39 is 0 Å². The molecule has 0 atom stereocenters. The van der Waals surface area contributed by atoms with Gasteiger partial charge in [-0.15, -0.1) is 11.3 Å². The highest BCUT2D eigenvalue weighted by Gasteiger charge is 2.14. The number of aromatic nitrogens is 1. The Hall–Kier alpha value is -1.81. The third kappa shape index (κ3) is 1.61. The largest absolute Gasteiger partial charge is 0.454 e. The fourth-order valence-electron chi connectivity index (χ4n) is 1.91. The normalized spacial score (nSPS) is 10.9. The molecule has 2 aromatic heterocycles. The Labute approximate surface area is 103 Å². The number of hydrogen-bond donors (Lipinski definition) is 1. The number of nitrogens with one attached hydrogen (secondary N) is 1. The zero-order valence-electron chi connectivity index (χ0n) is 9.65. The Morgan fingerprint density at radius 3 is 2.82 bits per heavy atom. The van der Waals surface area contributed by atoms with Gasteiger partial charge in [0.1, 0.15) is 11.3 Å². The number of aryl methyl sites for hydroxylation is 1. The zero-order chi connectivity index (χ0) is 11.8. The number of furan rings is 1. The van der Waals surface area contributed by atoms with Crippen LogP contribution in [-0.2, 0) is 0 Å². The van der Waals surface area contributed by atoms with Crippen molar-refractivity contribution in [3.05, 3.63) is 35.2 Å². The predicted octanol–water partition coefficient (Wildman–Crippen LogP) is 3.91. The molecule has 0 aliphatic heterocycles. The van der Waals surface area contributed by atoms with Gasteiger partial charge in [-0.2, -0.15) is 0 Å². The molecular formula is C13H12N2OS.